The van der Waals surface area contributed by atoms with Crippen molar-refractivity contribution in [2.75, 3.05) is 18.2 Å². The zero-order chi connectivity index (χ0) is 15.2. The number of amides is 1. The maximum Gasteiger partial charge on any atom is 0.329 e. The fraction of sp³-hybridized carbons (Fsp3) is 0.467. The first kappa shape index (κ1) is 15.8. The Morgan fingerprint density at radius 3 is 2.76 bits per heavy atom. The van der Waals surface area contributed by atoms with Crippen molar-refractivity contribution in [2.24, 2.45) is 0 Å². The van der Waals surface area contributed by atoms with Gasteiger partial charge >= 0.3 is 5.97 Å². The molecule has 0 aromatic heterocycles. The molecule has 1 aliphatic heterocycles. The Bertz CT molecular complexity index is 506. The van der Waals surface area contributed by atoms with Gasteiger partial charge in [-0.3, -0.25) is 4.79 Å². The maximum atomic E-state index is 12.9. The Morgan fingerprint density at radius 2 is 2.10 bits per heavy atom. The average molecular weight is 311 g/mol. The van der Waals surface area contributed by atoms with Crippen LogP contribution in [0.3, 0.4) is 0 Å². The van der Waals surface area contributed by atoms with E-state index in [9.17, 15) is 14.0 Å². The summed E-state index contributed by atoms with van der Waals surface area (Å²) in [5.74, 6) is -0.0269. The molecule has 0 N–H and O–H groups in total. The van der Waals surface area contributed by atoms with Crippen molar-refractivity contribution in [1.82, 2.24) is 4.90 Å². The summed E-state index contributed by atoms with van der Waals surface area (Å²) < 4.78 is 18.1. The normalized spacial score (nSPS) is 17.8. The lowest BCUT2D eigenvalue weighted by atomic mass is 10.1. The van der Waals surface area contributed by atoms with Crippen LogP contribution in [0.25, 0.3) is 0 Å². The Labute approximate surface area is 127 Å². The monoisotopic (exact) mass is 311 g/mol. The molecule has 6 heteroatoms. The molecule has 1 aromatic rings. The van der Waals surface area contributed by atoms with E-state index < -0.39 is 11.9 Å². The van der Waals surface area contributed by atoms with Gasteiger partial charge in [0.25, 0.3) is 5.91 Å². The van der Waals surface area contributed by atoms with Crippen molar-refractivity contribution in [3.8, 4) is 0 Å². The summed E-state index contributed by atoms with van der Waals surface area (Å²) in [4.78, 5) is 25.9. The minimum atomic E-state index is -0.551. The summed E-state index contributed by atoms with van der Waals surface area (Å²) >= 11 is 1.51. The summed E-state index contributed by atoms with van der Waals surface area (Å²) in [5.41, 5.74) is 0.380. The lowest BCUT2D eigenvalue weighted by Crippen LogP contribution is -2.42. The smallest absolute Gasteiger partial charge is 0.329 e. The van der Waals surface area contributed by atoms with E-state index in [4.69, 9.17) is 4.74 Å². The Kier molecular flexibility index (Phi) is 5.61. The summed E-state index contributed by atoms with van der Waals surface area (Å²) in [7, 11) is 0. The third-order valence-electron chi connectivity index (χ3n) is 3.25. The first-order valence-electron chi connectivity index (χ1n) is 6.94. The van der Waals surface area contributed by atoms with Crippen LogP contribution in [0.5, 0.6) is 0 Å². The number of carbonyl (C=O) groups is 2. The molecule has 1 heterocycles. The quantitative estimate of drug-likeness (QED) is 0.619. The highest BCUT2D eigenvalue weighted by molar-refractivity contribution is 7.99. The number of halogens is 1. The SMILES string of the molecule is CCCCOC(=O)C1CSCN1C(=O)c1ccc(F)cc1. The number of benzene rings is 1. The molecule has 0 bridgehead atoms. The van der Waals surface area contributed by atoms with Gasteiger partial charge in [-0.05, 0) is 30.7 Å². The number of ether oxygens (including phenoxy) is 1. The van der Waals surface area contributed by atoms with Gasteiger partial charge in [0.1, 0.15) is 11.9 Å². The highest BCUT2D eigenvalue weighted by Gasteiger charge is 2.36. The van der Waals surface area contributed by atoms with Crippen LogP contribution in [-0.2, 0) is 9.53 Å². The fourth-order valence-corrected chi connectivity index (χ4v) is 3.15. The van der Waals surface area contributed by atoms with E-state index in [2.05, 4.69) is 0 Å². The van der Waals surface area contributed by atoms with Gasteiger partial charge < -0.3 is 9.64 Å². The molecule has 0 saturated carbocycles. The highest BCUT2D eigenvalue weighted by atomic mass is 32.2. The molecule has 1 fully saturated rings. The van der Waals surface area contributed by atoms with Gasteiger partial charge in [-0.1, -0.05) is 13.3 Å². The van der Waals surface area contributed by atoms with Crippen LogP contribution in [-0.4, -0.2) is 41.1 Å². The van der Waals surface area contributed by atoms with Crippen LogP contribution in [0.4, 0.5) is 4.39 Å². The molecule has 4 nitrogen and oxygen atoms in total. The topological polar surface area (TPSA) is 46.6 Å². The second-order valence-corrected chi connectivity index (χ2v) is 5.82. The fourth-order valence-electron chi connectivity index (χ4n) is 2.01. The van der Waals surface area contributed by atoms with Crippen molar-refractivity contribution >= 4 is 23.6 Å². The standard InChI is InChI=1S/C15H18FNO3S/c1-2-3-8-20-15(19)13-9-21-10-17(13)14(18)11-4-6-12(16)7-5-11/h4-7,13H,2-3,8-10H2,1H3. The largest absolute Gasteiger partial charge is 0.464 e. The summed E-state index contributed by atoms with van der Waals surface area (Å²) in [5, 5.41) is 0. The molecule has 0 radical (unpaired) electrons. The highest BCUT2D eigenvalue weighted by Crippen LogP contribution is 2.24. The van der Waals surface area contributed by atoms with E-state index in [0.717, 1.165) is 12.8 Å². The van der Waals surface area contributed by atoms with Gasteiger partial charge in [0.2, 0.25) is 0 Å². The van der Waals surface area contributed by atoms with Gasteiger partial charge in [-0.15, -0.1) is 11.8 Å². The van der Waals surface area contributed by atoms with Crippen molar-refractivity contribution < 1.29 is 18.7 Å². The average Bonchev–Trinajstić information content (AvgIpc) is 2.97. The van der Waals surface area contributed by atoms with Crippen LogP contribution >= 0.6 is 11.8 Å². The van der Waals surface area contributed by atoms with Crippen LogP contribution in [0.15, 0.2) is 24.3 Å². The molecular formula is C15H18FNO3S. The molecule has 1 amide bonds. The van der Waals surface area contributed by atoms with Gasteiger partial charge in [0.05, 0.1) is 12.5 Å². The van der Waals surface area contributed by atoms with Crippen LogP contribution in [0.2, 0.25) is 0 Å². The van der Waals surface area contributed by atoms with E-state index in [0.29, 0.717) is 23.8 Å². The second-order valence-electron chi connectivity index (χ2n) is 4.82. The Hall–Kier alpha value is -1.56. The number of carbonyl (C=O) groups excluding carboxylic acids is 2. The molecule has 21 heavy (non-hydrogen) atoms. The third kappa shape index (κ3) is 3.97. The van der Waals surface area contributed by atoms with E-state index in [1.807, 2.05) is 6.92 Å². The van der Waals surface area contributed by atoms with Crippen LogP contribution in [0, 0.1) is 5.82 Å². The number of esters is 1. The number of hydrogen-bond donors (Lipinski definition) is 0. The van der Waals surface area contributed by atoms with E-state index in [1.54, 1.807) is 0 Å². The van der Waals surface area contributed by atoms with E-state index in [-0.39, 0.29) is 11.9 Å². The molecular weight excluding hydrogens is 293 g/mol. The molecule has 1 unspecified atom stereocenters. The lowest BCUT2D eigenvalue weighted by Gasteiger charge is -2.22. The summed E-state index contributed by atoms with van der Waals surface area (Å²) in [6.45, 7) is 2.40. The second kappa shape index (κ2) is 7.45. The van der Waals surface area contributed by atoms with E-state index in [1.165, 1.54) is 40.9 Å². The predicted molar refractivity (Wildman–Crippen MR) is 79.5 cm³/mol. The molecule has 114 valence electrons. The van der Waals surface area contributed by atoms with E-state index >= 15 is 0 Å². The first-order valence-corrected chi connectivity index (χ1v) is 8.10. The molecule has 1 aromatic carbocycles. The number of rotatable bonds is 5. The molecule has 0 aliphatic carbocycles. The molecule has 1 saturated heterocycles. The molecule has 2 rings (SSSR count). The van der Waals surface area contributed by atoms with Crippen LogP contribution < -0.4 is 0 Å². The maximum absolute atomic E-state index is 12.9. The van der Waals surface area contributed by atoms with Gasteiger partial charge in [0.15, 0.2) is 0 Å². The summed E-state index contributed by atoms with van der Waals surface area (Å²) in [6.07, 6.45) is 1.77. The predicted octanol–water partition coefficient (Wildman–Crippen LogP) is 2.68. The van der Waals surface area contributed by atoms with Crippen molar-refractivity contribution in [3.05, 3.63) is 35.6 Å². The lowest BCUT2D eigenvalue weighted by molar-refractivity contribution is -0.147. The number of unbranched alkanes of at least 4 members (excludes halogenated alkanes) is 1. The van der Waals surface area contributed by atoms with Gasteiger partial charge in [-0.25, -0.2) is 9.18 Å². The van der Waals surface area contributed by atoms with Crippen molar-refractivity contribution in [3.63, 3.8) is 0 Å². The zero-order valence-corrected chi connectivity index (χ0v) is 12.7. The van der Waals surface area contributed by atoms with Crippen molar-refractivity contribution in [2.45, 2.75) is 25.8 Å². The molecule has 1 atom stereocenters. The number of thioether (sulfide) groups is 1. The Morgan fingerprint density at radius 1 is 1.38 bits per heavy atom. The van der Waals surface area contributed by atoms with Crippen LogP contribution in [0.1, 0.15) is 30.1 Å². The minimum absolute atomic E-state index is 0.266. The molecule has 0 spiro atoms. The zero-order valence-electron chi connectivity index (χ0n) is 11.9. The first-order chi connectivity index (χ1) is 10.1. The third-order valence-corrected chi connectivity index (χ3v) is 4.26. The van der Waals surface area contributed by atoms with Crippen molar-refractivity contribution in [1.29, 1.82) is 0 Å². The Balaban J connectivity index is 2.02. The van der Waals surface area contributed by atoms with Gasteiger partial charge in [-0.2, -0.15) is 0 Å². The summed E-state index contributed by atoms with van der Waals surface area (Å²) in [6, 6.07) is 4.79. The van der Waals surface area contributed by atoms with Gasteiger partial charge in [0, 0.05) is 11.3 Å². The minimum Gasteiger partial charge on any atom is -0.464 e. The number of nitrogens with zero attached hydrogens (tertiary/aromatic N) is 1. The number of hydrogen-bond acceptors (Lipinski definition) is 4. The molecule has 1 aliphatic rings.